The van der Waals surface area contributed by atoms with E-state index >= 15 is 0 Å². The second-order valence-corrected chi connectivity index (χ2v) is 6.80. The average Bonchev–Trinajstić information content (AvgIpc) is 3.33. The fourth-order valence-electron chi connectivity index (χ4n) is 3.10. The molecule has 0 bridgehead atoms. The number of rotatable bonds is 4. The van der Waals surface area contributed by atoms with Gasteiger partial charge >= 0.3 is 6.03 Å². The van der Waals surface area contributed by atoms with E-state index < -0.39 is 0 Å². The highest BCUT2D eigenvalue weighted by molar-refractivity contribution is 5.81. The van der Waals surface area contributed by atoms with Crippen molar-refractivity contribution in [2.24, 2.45) is 11.0 Å². The summed E-state index contributed by atoms with van der Waals surface area (Å²) in [6.45, 7) is 5.14. The Balaban J connectivity index is 1.63. The van der Waals surface area contributed by atoms with Gasteiger partial charge in [0, 0.05) is 36.6 Å². The molecule has 1 aliphatic carbocycles. The summed E-state index contributed by atoms with van der Waals surface area (Å²) in [7, 11) is 2.06. The van der Waals surface area contributed by atoms with Crippen molar-refractivity contribution in [1.82, 2.24) is 10.7 Å². The smallest absolute Gasteiger partial charge is 0.335 e. The number of hydrogen-bond donors (Lipinski definition) is 2. The highest BCUT2D eigenvalue weighted by atomic mass is 16.2. The number of benzene rings is 1. The van der Waals surface area contributed by atoms with Gasteiger partial charge in [0.15, 0.2) is 0 Å². The summed E-state index contributed by atoms with van der Waals surface area (Å²) in [4.78, 5) is 13.7. The number of nitrogens with zero attached hydrogens (tertiary/aromatic N) is 2. The lowest BCUT2D eigenvalue weighted by atomic mass is 9.84. The highest BCUT2D eigenvalue weighted by Crippen LogP contribution is 2.46. The van der Waals surface area contributed by atoms with Gasteiger partial charge in [0.25, 0.3) is 0 Å². The normalized spacial score (nSPS) is 20.8. The molecule has 5 nitrogen and oxygen atoms in total. The van der Waals surface area contributed by atoms with Gasteiger partial charge in [-0.3, -0.25) is 0 Å². The van der Waals surface area contributed by atoms with Crippen molar-refractivity contribution in [3.8, 4) is 0 Å². The Kier molecular flexibility index (Phi) is 4.11. The maximum absolute atomic E-state index is 11.6. The van der Waals surface area contributed by atoms with Gasteiger partial charge in [0.1, 0.15) is 0 Å². The Morgan fingerprint density at radius 2 is 2.13 bits per heavy atom. The van der Waals surface area contributed by atoms with Gasteiger partial charge in [0.2, 0.25) is 0 Å². The van der Waals surface area contributed by atoms with Crippen molar-refractivity contribution in [1.29, 1.82) is 0 Å². The van der Waals surface area contributed by atoms with E-state index in [1.54, 1.807) is 6.21 Å². The van der Waals surface area contributed by atoms with E-state index in [0.29, 0.717) is 5.92 Å². The summed E-state index contributed by atoms with van der Waals surface area (Å²) in [5.41, 5.74) is 6.10. The van der Waals surface area contributed by atoms with Crippen molar-refractivity contribution in [2.75, 3.05) is 18.5 Å². The van der Waals surface area contributed by atoms with Gasteiger partial charge in [-0.05, 0) is 36.5 Å². The molecule has 1 aromatic carbocycles. The van der Waals surface area contributed by atoms with Crippen LogP contribution in [0.2, 0.25) is 0 Å². The number of likely N-dealkylation sites (N-methyl/N-ethyl adjacent to an activating group) is 1. The number of allylic oxidation sites excluding steroid dienone is 2. The average molecular weight is 312 g/mol. The molecule has 0 saturated heterocycles. The topological polar surface area (TPSA) is 56.7 Å². The number of carbonyl (C=O) groups is 1. The first-order valence-corrected chi connectivity index (χ1v) is 8.11. The Morgan fingerprint density at radius 1 is 1.39 bits per heavy atom. The molecule has 2 amide bonds. The van der Waals surface area contributed by atoms with E-state index in [9.17, 15) is 4.79 Å². The Morgan fingerprint density at radius 3 is 2.83 bits per heavy atom. The van der Waals surface area contributed by atoms with Gasteiger partial charge in [-0.1, -0.05) is 32.0 Å². The fraction of sp³-hybridized carbons (Fsp3) is 0.444. The van der Waals surface area contributed by atoms with E-state index in [1.165, 1.54) is 24.1 Å². The number of hydrogen-bond acceptors (Lipinski definition) is 3. The molecule has 1 aliphatic heterocycles. The van der Waals surface area contributed by atoms with Crippen molar-refractivity contribution >= 4 is 17.9 Å². The third-order valence-electron chi connectivity index (χ3n) is 4.66. The number of urea groups is 1. The van der Waals surface area contributed by atoms with Crippen LogP contribution in [0.4, 0.5) is 10.5 Å². The standard InChI is InChI=1S/C18H24N4O/c1-18(2)14-6-4-5-7-15(14)22(3)16(18)10-11-20-21-17(23)19-12-13-8-9-13/h4-7,10-11,13H,8-9,12H2,1-3H3,(H2,19,21,23). The first-order valence-electron chi connectivity index (χ1n) is 8.11. The minimum atomic E-state index is -0.242. The number of para-hydroxylation sites is 1. The summed E-state index contributed by atoms with van der Waals surface area (Å²) < 4.78 is 0. The van der Waals surface area contributed by atoms with Crippen LogP contribution in [0.1, 0.15) is 32.3 Å². The highest BCUT2D eigenvalue weighted by Gasteiger charge is 2.37. The molecule has 2 N–H and O–H groups in total. The molecule has 3 rings (SSSR count). The lowest BCUT2D eigenvalue weighted by Gasteiger charge is -2.23. The molecule has 1 aromatic rings. The zero-order valence-electron chi connectivity index (χ0n) is 14.0. The van der Waals surface area contributed by atoms with Gasteiger partial charge in [-0.2, -0.15) is 5.10 Å². The minimum absolute atomic E-state index is 0.0778. The minimum Gasteiger partial charge on any atom is -0.347 e. The number of amides is 2. The molecule has 0 unspecified atom stereocenters. The maximum Gasteiger partial charge on any atom is 0.335 e. The molecule has 1 heterocycles. The second-order valence-electron chi connectivity index (χ2n) is 6.80. The van der Waals surface area contributed by atoms with E-state index in [0.717, 1.165) is 12.2 Å². The molecule has 0 radical (unpaired) electrons. The Bertz CT molecular complexity index is 659. The predicted octanol–water partition coefficient (Wildman–Crippen LogP) is 2.99. The summed E-state index contributed by atoms with van der Waals surface area (Å²) in [6, 6.07) is 8.16. The molecule has 5 heteroatoms. The second kappa shape index (κ2) is 6.07. The maximum atomic E-state index is 11.6. The first-order chi connectivity index (χ1) is 11.0. The first kappa shape index (κ1) is 15.6. The van der Waals surface area contributed by atoms with E-state index in [2.05, 4.69) is 59.8 Å². The molecule has 1 saturated carbocycles. The van der Waals surface area contributed by atoms with Crippen LogP contribution in [0.15, 0.2) is 41.1 Å². The fourth-order valence-corrected chi connectivity index (χ4v) is 3.10. The van der Waals surface area contributed by atoms with Crippen LogP contribution < -0.4 is 15.6 Å². The SMILES string of the molecule is CN1C(=CC=NNC(=O)NCC2CC2)C(C)(C)c2ccccc21. The van der Waals surface area contributed by atoms with Crippen LogP contribution in [0.3, 0.4) is 0 Å². The van der Waals surface area contributed by atoms with Crippen molar-refractivity contribution in [2.45, 2.75) is 32.1 Å². The third kappa shape index (κ3) is 3.23. The number of fused-ring (bicyclic) bond motifs is 1. The molecule has 122 valence electrons. The van der Waals surface area contributed by atoms with E-state index in [4.69, 9.17) is 0 Å². The molecule has 0 aromatic heterocycles. The summed E-state index contributed by atoms with van der Waals surface area (Å²) in [5, 5.41) is 6.82. The van der Waals surface area contributed by atoms with Crippen LogP contribution >= 0.6 is 0 Å². The van der Waals surface area contributed by atoms with E-state index in [1.807, 2.05) is 12.1 Å². The Labute approximate surface area is 137 Å². The molecule has 2 aliphatic rings. The van der Waals surface area contributed by atoms with Crippen LogP contribution in [-0.2, 0) is 5.41 Å². The summed E-state index contributed by atoms with van der Waals surface area (Å²) >= 11 is 0. The monoisotopic (exact) mass is 312 g/mol. The number of nitrogens with one attached hydrogen (secondary N) is 2. The molecule has 23 heavy (non-hydrogen) atoms. The van der Waals surface area contributed by atoms with Gasteiger partial charge in [-0.15, -0.1) is 0 Å². The van der Waals surface area contributed by atoms with E-state index in [-0.39, 0.29) is 11.4 Å². The third-order valence-corrected chi connectivity index (χ3v) is 4.66. The van der Waals surface area contributed by atoms with Gasteiger partial charge in [-0.25, -0.2) is 10.2 Å². The van der Waals surface area contributed by atoms with Crippen LogP contribution in [0.25, 0.3) is 0 Å². The number of hydrazone groups is 1. The van der Waals surface area contributed by atoms with Gasteiger partial charge < -0.3 is 10.2 Å². The van der Waals surface area contributed by atoms with Gasteiger partial charge in [0.05, 0.1) is 0 Å². The predicted molar refractivity (Wildman–Crippen MR) is 93.7 cm³/mol. The summed E-state index contributed by atoms with van der Waals surface area (Å²) in [6.07, 6.45) is 6.05. The molecule has 0 spiro atoms. The largest absolute Gasteiger partial charge is 0.347 e. The van der Waals surface area contributed by atoms with Crippen LogP contribution in [0.5, 0.6) is 0 Å². The van der Waals surface area contributed by atoms with Crippen LogP contribution in [-0.4, -0.2) is 25.8 Å². The molecule has 0 atom stereocenters. The molecule has 1 fully saturated rings. The van der Waals surface area contributed by atoms with Crippen molar-refractivity contribution in [3.05, 3.63) is 41.6 Å². The zero-order valence-corrected chi connectivity index (χ0v) is 14.0. The molecular weight excluding hydrogens is 288 g/mol. The zero-order chi connectivity index (χ0) is 16.4. The lowest BCUT2D eigenvalue weighted by Crippen LogP contribution is -2.33. The number of anilines is 1. The Hall–Kier alpha value is -2.30. The molecular formula is C18H24N4O. The van der Waals surface area contributed by atoms with Crippen molar-refractivity contribution < 1.29 is 4.79 Å². The number of carbonyl (C=O) groups excluding carboxylic acids is 1. The van der Waals surface area contributed by atoms with Crippen molar-refractivity contribution in [3.63, 3.8) is 0 Å². The quantitative estimate of drug-likeness (QED) is 0.663. The lowest BCUT2D eigenvalue weighted by molar-refractivity contribution is 0.241. The summed E-state index contributed by atoms with van der Waals surface area (Å²) in [5.74, 6) is 0.665. The van der Waals surface area contributed by atoms with Crippen LogP contribution in [0, 0.1) is 5.92 Å².